The van der Waals surface area contributed by atoms with Gasteiger partial charge in [0.2, 0.25) is 0 Å². The van der Waals surface area contributed by atoms with E-state index in [4.69, 9.17) is 14.2 Å². The Bertz CT molecular complexity index is 1040. The van der Waals surface area contributed by atoms with Crippen LogP contribution in [0.2, 0.25) is 0 Å². The predicted octanol–water partition coefficient (Wildman–Crippen LogP) is 4.16. The van der Waals surface area contributed by atoms with Crippen LogP contribution < -0.4 is 14.8 Å². The number of methoxy groups -OCH3 is 2. The number of amides is 3. The highest BCUT2D eigenvalue weighted by atomic mass is 79.9. The van der Waals surface area contributed by atoms with Crippen molar-refractivity contribution in [2.45, 2.75) is 0 Å². The van der Waals surface area contributed by atoms with Gasteiger partial charge in [-0.3, -0.25) is 19.3 Å². The maximum atomic E-state index is 12.5. The van der Waals surface area contributed by atoms with Crippen molar-refractivity contribution in [2.24, 2.45) is 0 Å². The Labute approximate surface area is 198 Å². The molecule has 2 aromatic rings. The van der Waals surface area contributed by atoms with Crippen LogP contribution in [0.3, 0.4) is 0 Å². The average Bonchev–Trinajstić information content (AvgIpc) is 3.05. The summed E-state index contributed by atoms with van der Waals surface area (Å²) in [6.07, 6.45) is 1.61. The Morgan fingerprint density at radius 2 is 1.91 bits per heavy atom. The number of rotatable bonds is 9. The van der Waals surface area contributed by atoms with Crippen molar-refractivity contribution < 1.29 is 28.6 Å². The summed E-state index contributed by atoms with van der Waals surface area (Å²) in [7, 11) is 2.98. The Morgan fingerprint density at radius 1 is 1.16 bits per heavy atom. The first-order valence-corrected chi connectivity index (χ1v) is 11.1. The van der Waals surface area contributed by atoms with E-state index in [9.17, 15) is 14.4 Å². The minimum Gasteiger partial charge on any atom is -0.493 e. The largest absolute Gasteiger partial charge is 0.493 e. The summed E-state index contributed by atoms with van der Waals surface area (Å²) >= 11 is 4.32. The van der Waals surface area contributed by atoms with Crippen LogP contribution in [-0.4, -0.2) is 55.9 Å². The third-order valence-electron chi connectivity index (χ3n) is 4.38. The molecule has 32 heavy (non-hydrogen) atoms. The number of halogens is 1. The molecule has 3 rings (SSSR count). The minimum absolute atomic E-state index is 0.195. The fraction of sp³-hybridized carbons (Fsp3) is 0.227. The van der Waals surface area contributed by atoms with Gasteiger partial charge in [0.15, 0.2) is 18.1 Å². The Balaban J connectivity index is 1.72. The van der Waals surface area contributed by atoms with Crippen molar-refractivity contribution in [3.8, 4) is 11.5 Å². The molecule has 10 heteroatoms. The second-order valence-corrected chi connectivity index (χ2v) is 8.40. The Kier molecular flexibility index (Phi) is 8.32. The molecule has 168 valence electrons. The van der Waals surface area contributed by atoms with Crippen molar-refractivity contribution in [1.82, 2.24) is 4.90 Å². The first-order chi connectivity index (χ1) is 15.4. The number of anilines is 1. The van der Waals surface area contributed by atoms with Gasteiger partial charge in [-0.15, -0.1) is 0 Å². The monoisotopic (exact) mass is 520 g/mol. The molecule has 0 radical (unpaired) electrons. The summed E-state index contributed by atoms with van der Waals surface area (Å²) in [5, 5.41) is 2.40. The lowest BCUT2D eigenvalue weighted by Gasteiger charge is -2.13. The van der Waals surface area contributed by atoms with Crippen LogP contribution in [-0.2, 0) is 14.3 Å². The van der Waals surface area contributed by atoms with Crippen LogP contribution in [0.1, 0.15) is 5.56 Å². The van der Waals surface area contributed by atoms with Crippen molar-refractivity contribution >= 4 is 56.5 Å². The van der Waals surface area contributed by atoms with Crippen LogP contribution in [0.4, 0.5) is 10.5 Å². The van der Waals surface area contributed by atoms with Crippen molar-refractivity contribution in [3.63, 3.8) is 0 Å². The summed E-state index contributed by atoms with van der Waals surface area (Å²) in [5.74, 6) is 0.0440. The highest BCUT2D eigenvalue weighted by Crippen LogP contribution is 2.38. The standard InChI is InChI=1S/C22H21BrN2O6S/c1-29-9-8-25-21(27)19(32-22(25)28)11-14-10-17(30-2)18(12-16(14)23)31-13-20(26)24-15-6-4-3-5-7-15/h3-7,10-12H,8-9,13H2,1-2H3,(H,24,26)/b19-11+. The van der Waals surface area contributed by atoms with Crippen molar-refractivity contribution in [2.75, 3.05) is 39.3 Å². The van der Waals surface area contributed by atoms with Gasteiger partial charge in [-0.05, 0) is 47.7 Å². The molecule has 8 nitrogen and oxygen atoms in total. The Morgan fingerprint density at radius 3 is 2.59 bits per heavy atom. The molecule has 0 saturated carbocycles. The van der Waals surface area contributed by atoms with Gasteiger partial charge in [-0.25, -0.2) is 0 Å². The number of imide groups is 1. The van der Waals surface area contributed by atoms with E-state index in [0.29, 0.717) is 32.1 Å². The molecule has 1 N–H and O–H groups in total. The predicted molar refractivity (Wildman–Crippen MR) is 126 cm³/mol. The number of para-hydroxylation sites is 1. The lowest BCUT2D eigenvalue weighted by molar-refractivity contribution is -0.123. The number of carbonyl (C=O) groups excluding carboxylic acids is 3. The smallest absolute Gasteiger partial charge is 0.293 e. The van der Waals surface area contributed by atoms with E-state index in [1.165, 1.54) is 14.2 Å². The molecule has 0 unspecified atom stereocenters. The zero-order chi connectivity index (χ0) is 23.1. The summed E-state index contributed by atoms with van der Waals surface area (Å²) in [5.41, 5.74) is 1.30. The molecule has 1 aliphatic heterocycles. The number of nitrogens with zero attached hydrogens (tertiary/aromatic N) is 1. The molecule has 3 amide bonds. The summed E-state index contributed by atoms with van der Waals surface area (Å²) in [6.45, 7) is 0.253. The number of thioether (sulfide) groups is 1. The number of nitrogens with one attached hydrogen (secondary N) is 1. The third kappa shape index (κ3) is 5.90. The van der Waals surface area contributed by atoms with E-state index in [0.717, 1.165) is 16.7 Å². The average molecular weight is 521 g/mol. The molecule has 0 bridgehead atoms. The number of hydrogen-bond donors (Lipinski definition) is 1. The number of carbonyl (C=O) groups is 3. The summed E-state index contributed by atoms with van der Waals surface area (Å²) < 4.78 is 16.6. The van der Waals surface area contributed by atoms with Gasteiger partial charge >= 0.3 is 0 Å². The van der Waals surface area contributed by atoms with Gasteiger partial charge in [-0.2, -0.15) is 0 Å². The van der Waals surface area contributed by atoms with Crippen molar-refractivity contribution in [3.05, 3.63) is 57.4 Å². The molecule has 0 spiro atoms. The SMILES string of the molecule is COCCN1C(=O)S/C(=C/c2cc(OC)c(OCC(=O)Nc3ccccc3)cc2Br)C1=O. The van der Waals surface area contributed by atoms with Gasteiger partial charge in [0.25, 0.3) is 17.1 Å². The molecular formula is C22H21BrN2O6S. The second-order valence-electron chi connectivity index (χ2n) is 6.55. The topological polar surface area (TPSA) is 94.2 Å². The quantitative estimate of drug-likeness (QED) is 0.496. The zero-order valence-corrected chi connectivity index (χ0v) is 19.8. The fourth-order valence-corrected chi connectivity index (χ4v) is 4.10. The number of benzene rings is 2. The third-order valence-corrected chi connectivity index (χ3v) is 5.97. The van der Waals surface area contributed by atoms with Crippen molar-refractivity contribution in [1.29, 1.82) is 0 Å². The summed E-state index contributed by atoms with van der Waals surface area (Å²) in [4.78, 5) is 38.2. The summed E-state index contributed by atoms with van der Waals surface area (Å²) in [6, 6.07) is 12.4. The van der Waals surface area contributed by atoms with E-state index in [1.54, 1.807) is 30.3 Å². The molecule has 1 aliphatic rings. The first-order valence-electron chi connectivity index (χ1n) is 9.52. The van der Waals surface area contributed by atoms with Gasteiger partial charge in [0.05, 0.1) is 25.2 Å². The van der Waals surface area contributed by atoms with Crippen LogP contribution in [0.25, 0.3) is 6.08 Å². The molecule has 1 fully saturated rings. The second kappa shape index (κ2) is 11.2. The zero-order valence-electron chi connectivity index (χ0n) is 17.4. The van der Waals surface area contributed by atoms with Gasteiger partial charge in [0.1, 0.15) is 0 Å². The number of hydrogen-bond acceptors (Lipinski definition) is 7. The molecule has 0 atom stereocenters. The highest BCUT2D eigenvalue weighted by Gasteiger charge is 2.34. The van der Waals surface area contributed by atoms with E-state index in [1.807, 2.05) is 18.2 Å². The van der Waals surface area contributed by atoms with Crippen LogP contribution in [0.15, 0.2) is 51.8 Å². The van der Waals surface area contributed by atoms with Crippen LogP contribution in [0, 0.1) is 0 Å². The van der Waals surface area contributed by atoms with E-state index in [-0.39, 0.29) is 36.8 Å². The maximum Gasteiger partial charge on any atom is 0.293 e. The van der Waals surface area contributed by atoms with Crippen LogP contribution in [0.5, 0.6) is 11.5 Å². The molecular weight excluding hydrogens is 500 g/mol. The van der Waals surface area contributed by atoms with Crippen LogP contribution >= 0.6 is 27.7 Å². The molecule has 1 heterocycles. The lowest BCUT2D eigenvalue weighted by Crippen LogP contribution is -2.31. The fourth-order valence-electron chi connectivity index (χ4n) is 2.81. The van der Waals surface area contributed by atoms with E-state index >= 15 is 0 Å². The lowest BCUT2D eigenvalue weighted by atomic mass is 10.2. The van der Waals surface area contributed by atoms with E-state index in [2.05, 4.69) is 21.2 Å². The molecule has 1 saturated heterocycles. The Hall–Kier alpha value is -2.82. The van der Waals surface area contributed by atoms with Gasteiger partial charge < -0.3 is 19.5 Å². The number of ether oxygens (including phenoxy) is 3. The maximum absolute atomic E-state index is 12.5. The molecule has 0 aromatic heterocycles. The first kappa shape index (κ1) is 23.8. The molecule has 0 aliphatic carbocycles. The highest BCUT2D eigenvalue weighted by molar-refractivity contribution is 9.10. The normalized spacial score (nSPS) is 14.7. The molecule has 2 aromatic carbocycles. The van der Waals surface area contributed by atoms with Gasteiger partial charge in [-0.1, -0.05) is 34.1 Å². The van der Waals surface area contributed by atoms with E-state index < -0.39 is 0 Å². The minimum atomic E-state index is -0.374. The van der Waals surface area contributed by atoms with Gasteiger partial charge in [0, 0.05) is 17.3 Å².